The summed E-state index contributed by atoms with van der Waals surface area (Å²) in [5.41, 5.74) is 2.08. The van der Waals surface area contributed by atoms with E-state index in [9.17, 15) is 0 Å². The molecule has 1 aliphatic heterocycles. The van der Waals surface area contributed by atoms with Crippen LogP contribution in [0.15, 0.2) is 6.08 Å². The summed E-state index contributed by atoms with van der Waals surface area (Å²) >= 11 is 9.03. The summed E-state index contributed by atoms with van der Waals surface area (Å²) in [7, 11) is 2.02. The lowest BCUT2D eigenvalue weighted by molar-refractivity contribution is 0.909. The molecule has 1 N–H and O–H groups in total. The zero-order valence-electron chi connectivity index (χ0n) is 8.83. The molecule has 0 atom stereocenters. The van der Waals surface area contributed by atoms with E-state index in [1.807, 2.05) is 7.05 Å². The fraction of sp³-hybridized carbons (Fsp3) is 0.200. The molecule has 17 heavy (non-hydrogen) atoms. The number of anilines is 1. The predicted octanol–water partition coefficient (Wildman–Crippen LogP) is 2.87. The fourth-order valence-corrected chi connectivity index (χ4v) is 3.75. The molecule has 2 aromatic heterocycles. The van der Waals surface area contributed by atoms with Crippen molar-refractivity contribution in [2.24, 2.45) is 7.05 Å². The maximum atomic E-state index is 4.56. The third kappa shape index (κ3) is 1.77. The van der Waals surface area contributed by atoms with E-state index >= 15 is 0 Å². The van der Waals surface area contributed by atoms with Crippen molar-refractivity contribution >= 4 is 79.6 Å². The molecule has 0 saturated heterocycles. The quantitative estimate of drug-likeness (QED) is 0.354. The van der Waals surface area contributed by atoms with Crippen LogP contribution >= 0.6 is 57.8 Å². The maximum absolute atomic E-state index is 4.56. The van der Waals surface area contributed by atoms with E-state index in [-0.39, 0.29) is 0 Å². The van der Waals surface area contributed by atoms with Crippen molar-refractivity contribution in [3.05, 3.63) is 19.2 Å². The van der Waals surface area contributed by atoms with Crippen LogP contribution in [-0.4, -0.2) is 21.1 Å². The molecule has 2 aromatic rings. The molecule has 0 unspecified atom stereocenters. The second-order valence-corrected chi connectivity index (χ2v) is 6.20. The summed E-state index contributed by atoms with van der Waals surface area (Å²) in [6.07, 6.45) is 2.06. The molecular formula is C10H8I2N4S. The molecule has 3 rings (SSSR count). The Labute approximate surface area is 131 Å². The van der Waals surface area contributed by atoms with Crippen molar-refractivity contribution < 1.29 is 0 Å². The molecule has 0 radical (unpaired) electrons. The van der Waals surface area contributed by atoms with Gasteiger partial charge in [-0.2, -0.15) is 0 Å². The first kappa shape index (κ1) is 12.0. The van der Waals surface area contributed by atoms with Crippen molar-refractivity contribution in [2.45, 2.75) is 0 Å². The Bertz CT molecular complexity index is 662. The molecule has 0 saturated carbocycles. The van der Waals surface area contributed by atoms with Crippen LogP contribution in [0.3, 0.4) is 0 Å². The van der Waals surface area contributed by atoms with E-state index in [2.05, 4.69) is 83.7 Å². The average Bonchev–Trinajstić information content (AvgIpc) is 2.45. The highest BCUT2D eigenvalue weighted by Gasteiger charge is 2.22. The normalized spacial score (nSPS) is 14.5. The van der Waals surface area contributed by atoms with E-state index in [4.69, 9.17) is 0 Å². The molecule has 0 aliphatic carbocycles. The number of nitrogens with one attached hydrogen (secondary N) is 1. The molecule has 1 aliphatic rings. The first-order valence-electron chi connectivity index (χ1n) is 4.94. The summed E-state index contributed by atoms with van der Waals surface area (Å²) in [5, 5.41) is 4.37. The Hall–Kier alpha value is -0.0300. The summed E-state index contributed by atoms with van der Waals surface area (Å²) in [6, 6.07) is 0. The highest BCUT2D eigenvalue weighted by Crippen LogP contribution is 2.38. The number of halogens is 2. The van der Waals surface area contributed by atoms with Crippen molar-refractivity contribution in [3.8, 4) is 0 Å². The van der Waals surface area contributed by atoms with E-state index in [0.29, 0.717) is 0 Å². The van der Waals surface area contributed by atoms with Crippen LogP contribution in [-0.2, 0) is 7.05 Å². The molecule has 0 fully saturated rings. The van der Waals surface area contributed by atoms with Gasteiger partial charge >= 0.3 is 0 Å². The van der Waals surface area contributed by atoms with E-state index in [1.165, 1.54) is 0 Å². The Morgan fingerprint density at radius 1 is 1.41 bits per heavy atom. The second-order valence-electron chi connectivity index (χ2n) is 3.73. The van der Waals surface area contributed by atoms with Gasteiger partial charge in [0.25, 0.3) is 0 Å². The van der Waals surface area contributed by atoms with Gasteiger partial charge in [0.05, 0.1) is 9.09 Å². The molecule has 0 aromatic carbocycles. The molecular weight excluding hydrogens is 462 g/mol. The van der Waals surface area contributed by atoms with Gasteiger partial charge in [-0.3, -0.25) is 0 Å². The topological polar surface area (TPSA) is 42.7 Å². The Morgan fingerprint density at radius 3 is 2.94 bits per heavy atom. The van der Waals surface area contributed by atoms with Gasteiger partial charge in [0, 0.05) is 46.7 Å². The summed E-state index contributed by atoms with van der Waals surface area (Å²) in [6.45, 7) is 0.746. The number of thiol groups is 1. The monoisotopic (exact) mass is 470 g/mol. The number of hydrogen-bond acceptors (Lipinski definition) is 4. The summed E-state index contributed by atoms with van der Waals surface area (Å²) < 4.78 is 3.97. The highest BCUT2D eigenvalue weighted by molar-refractivity contribution is 14.1. The molecule has 3 heterocycles. The third-order valence-corrected chi connectivity index (χ3v) is 4.90. The van der Waals surface area contributed by atoms with Crippen LogP contribution < -0.4 is 5.32 Å². The lowest BCUT2D eigenvalue weighted by atomic mass is 10.2. The van der Waals surface area contributed by atoms with Crippen molar-refractivity contribution in [2.75, 3.05) is 11.9 Å². The molecule has 4 nitrogen and oxygen atoms in total. The third-order valence-electron chi connectivity index (χ3n) is 2.75. The van der Waals surface area contributed by atoms with Crippen LogP contribution in [0.2, 0.25) is 0 Å². The summed E-state index contributed by atoms with van der Waals surface area (Å²) in [5.74, 6) is 0.896. The SMILES string of the molecule is Cn1c(I)c2c3c(nc(I)nc31)NCC=C2S. The lowest BCUT2D eigenvalue weighted by Crippen LogP contribution is -2.03. The zero-order chi connectivity index (χ0) is 12.2. The molecule has 88 valence electrons. The standard InChI is InChI=1S/C10H8I2N4S/c1-16-7(11)5-4(17)2-3-13-8-6(5)9(16)15-10(12)14-8/h2,17H,3H2,1H3,(H,13,14,15). The lowest BCUT2D eigenvalue weighted by Gasteiger charge is -2.04. The highest BCUT2D eigenvalue weighted by atomic mass is 127. The average molecular weight is 470 g/mol. The van der Waals surface area contributed by atoms with E-state index < -0.39 is 0 Å². The number of aryl methyl sites for hydroxylation is 1. The second kappa shape index (κ2) is 4.26. The van der Waals surface area contributed by atoms with Gasteiger partial charge in [-0.1, -0.05) is 6.08 Å². The van der Waals surface area contributed by atoms with Crippen LogP contribution in [0.25, 0.3) is 15.9 Å². The van der Waals surface area contributed by atoms with Crippen LogP contribution in [0.4, 0.5) is 5.82 Å². The van der Waals surface area contributed by atoms with Gasteiger partial charge in [-0.05, 0) is 22.6 Å². The van der Waals surface area contributed by atoms with E-state index in [1.54, 1.807) is 0 Å². The molecule has 7 heteroatoms. The maximum Gasteiger partial charge on any atom is 0.194 e. The first-order valence-corrected chi connectivity index (χ1v) is 7.55. The first-order chi connectivity index (χ1) is 8.09. The minimum Gasteiger partial charge on any atom is -0.366 e. The number of nitrogens with zero attached hydrogens (tertiary/aromatic N) is 3. The van der Waals surface area contributed by atoms with Gasteiger partial charge in [0.2, 0.25) is 0 Å². The zero-order valence-corrected chi connectivity index (χ0v) is 14.0. The molecule has 0 amide bonds. The minimum atomic E-state index is 0.746. The Kier molecular flexibility index (Phi) is 3.02. The number of hydrogen-bond donors (Lipinski definition) is 2. The van der Waals surface area contributed by atoms with Crippen molar-refractivity contribution in [1.82, 2.24) is 14.5 Å². The largest absolute Gasteiger partial charge is 0.366 e. The number of rotatable bonds is 0. The smallest absolute Gasteiger partial charge is 0.194 e. The van der Waals surface area contributed by atoms with Crippen LogP contribution in [0.1, 0.15) is 5.56 Å². The van der Waals surface area contributed by atoms with Crippen LogP contribution in [0.5, 0.6) is 0 Å². The van der Waals surface area contributed by atoms with Gasteiger partial charge < -0.3 is 9.88 Å². The van der Waals surface area contributed by atoms with Crippen molar-refractivity contribution in [3.63, 3.8) is 0 Å². The van der Waals surface area contributed by atoms with Gasteiger partial charge in [0.15, 0.2) is 3.83 Å². The molecule has 0 spiro atoms. The predicted molar refractivity (Wildman–Crippen MR) is 89.4 cm³/mol. The van der Waals surface area contributed by atoms with Gasteiger partial charge in [0.1, 0.15) is 11.5 Å². The number of aromatic nitrogens is 3. The van der Waals surface area contributed by atoms with Gasteiger partial charge in [-0.15, -0.1) is 12.6 Å². The molecule has 0 bridgehead atoms. The van der Waals surface area contributed by atoms with Crippen LogP contribution in [0, 0.1) is 7.53 Å². The summed E-state index contributed by atoms with van der Waals surface area (Å²) in [4.78, 5) is 9.95. The Morgan fingerprint density at radius 2 is 2.18 bits per heavy atom. The van der Waals surface area contributed by atoms with Gasteiger partial charge in [-0.25, -0.2) is 9.97 Å². The van der Waals surface area contributed by atoms with Crippen molar-refractivity contribution in [1.29, 1.82) is 0 Å². The fourth-order valence-electron chi connectivity index (χ4n) is 1.97. The Balaban J connectivity index is 2.55. The van der Waals surface area contributed by atoms with E-state index in [0.717, 1.165) is 41.4 Å². The minimum absolute atomic E-state index is 0.746.